The first-order valence-corrected chi connectivity index (χ1v) is 7.26. The smallest absolute Gasteiger partial charge is 0.138 e. The maximum absolute atomic E-state index is 6.25. The molecule has 0 saturated heterocycles. The van der Waals surface area contributed by atoms with Gasteiger partial charge in [-0.1, -0.05) is 30.5 Å². The summed E-state index contributed by atoms with van der Waals surface area (Å²) in [6.45, 7) is 1.96. The van der Waals surface area contributed by atoms with E-state index in [0.717, 1.165) is 24.2 Å². The van der Waals surface area contributed by atoms with Gasteiger partial charge in [-0.25, -0.2) is 0 Å². The molecule has 0 radical (unpaired) electrons. The van der Waals surface area contributed by atoms with Crippen molar-refractivity contribution in [1.82, 2.24) is 0 Å². The zero-order valence-corrected chi connectivity index (χ0v) is 11.7. The number of rotatable bonds is 3. The number of benzene rings is 1. The summed E-state index contributed by atoms with van der Waals surface area (Å²) in [5, 5.41) is 0.675. The van der Waals surface area contributed by atoms with Gasteiger partial charge in [-0.2, -0.15) is 0 Å². The number of halogens is 1. The monoisotopic (exact) mass is 267 g/mol. The van der Waals surface area contributed by atoms with E-state index >= 15 is 0 Å². The van der Waals surface area contributed by atoms with Crippen molar-refractivity contribution in [1.29, 1.82) is 0 Å². The Morgan fingerprint density at radius 3 is 2.44 bits per heavy atom. The Bertz CT molecular complexity index is 384. The third-order valence-corrected chi connectivity index (χ3v) is 3.87. The minimum Gasteiger partial charge on any atom is -0.489 e. The van der Waals surface area contributed by atoms with Gasteiger partial charge >= 0.3 is 0 Å². The van der Waals surface area contributed by atoms with Gasteiger partial charge in [0.2, 0.25) is 0 Å². The normalized spacial score (nSPS) is 19.3. The summed E-state index contributed by atoms with van der Waals surface area (Å²) in [6, 6.07) is 5.88. The highest BCUT2D eigenvalue weighted by molar-refractivity contribution is 6.32. The van der Waals surface area contributed by atoms with Crippen molar-refractivity contribution in [3.05, 3.63) is 28.8 Å². The van der Waals surface area contributed by atoms with Crippen LogP contribution in [-0.2, 0) is 0 Å². The van der Waals surface area contributed by atoms with Crippen LogP contribution < -0.4 is 10.5 Å². The average Bonchev–Trinajstić information content (AvgIpc) is 2.60. The predicted octanol–water partition coefficient (Wildman–Crippen LogP) is 4.46. The number of ether oxygens (including phenoxy) is 1. The topological polar surface area (TPSA) is 35.2 Å². The average molecular weight is 268 g/mol. The van der Waals surface area contributed by atoms with Crippen molar-refractivity contribution in [3.8, 4) is 5.75 Å². The summed E-state index contributed by atoms with van der Waals surface area (Å²) < 4.78 is 6.03. The largest absolute Gasteiger partial charge is 0.489 e. The highest BCUT2D eigenvalue weighted by Gasteiger charge is 2.15. The molecular formula is C15H22ClNO. The molecular weight excluding hydrogens is 246 g/mol. The van der Waals surface area contributed by atoms with Gasteiger partial charge in [-0.15, -0.1) is 0 Å². The molecule has 1 aliphatic rings. The Hall–Kier alpha value is -0.730. The molecule has 0 heterocycles. The van der Waals surface area contributed by atoms with E-state index in [9.17, 15) is 0 Å². The molecule has 2 rings (SSSR count). The number of hydrogen-bond acceptors (Lipinski definition) is 2. The van der Waals surface area contributed by atoms with Gasteiger partial charge in [0.1, 0.15) is 5.75 Å². The van der Waals surface area contributed by atoms with Crippen molar-refractivity contribution in [2.45, 2.75) is 57.6 Å². The molecule has 1 fully saturated rings. The Kier molecular flexibility index (Phi) is 4.90. The second kappa shape index (κ2) is 6.44. The lowest BCUT2D eigenvalue weighted by molar-refractivity contribution is 0.184. The highest BCUT2D eigenvalue weighted by atomic mass is 35.5. The molecule has 0 bridgehead atoms. The summed E-state index contributed by atoms with van der Waals surface area (Å²) in [5.41, 5.74) is 6.89. The summed E-state index contributed by atoms with van der Waals surface area (Å²) >= 11 is 6.25. The second-order valence-electron chi connectivity index (χ2n) is 5.21. The van der Waals surface area contributed by atoms with E-state index in [4.69, 9.17) is 22.1 Å². The van der Waals surface area contributed by atoms with Crippen molar-refractivity contribution in [2.24, 2.45) is 5.73 Å². The maximum atomic E-state index is 6.25. The standard InChI is InChI=1S/C15H22ClNO/c1-11(17)12-8-9-15(14(16)10-12)18-13-6-4-2-3-5-7-13/h8-11,13H,2-7,17H2,1H3/t11-/m1/s1. The fraction of sp³-hybridized carbons (Fsp3) is 0.600. The van der Waals surface area contributed by atoms with Gasteiger partial charge in [0, 0.05) is 6.04 Å². The van der Waals surface area contributed by atoms with Crippen LogP contribution in [0.5, 0.6) is 5.75 Å². The molecule has 1 atom stereocenters. The molecule has 0 amide bonds. The molecule has 18 heavy (non-hydrogen) atoms. The van der Waals surface area contributed by atoms with Crippen LogP contribution in [0.1, 0.15) is 57.1 Å². The van der Waals surface area contributed by atoms with Crippen LogP contribution in [0.25, 0.3) is 0 Å². The zero-order valence-electron chi connectivity index (χ0n) is 11.0. The van der Waals surface area contributed by atoms with Gasteiger partial charge in [0.15, 0.2) is 0 Å². The summed E-state index contributed by atoms with van der Waals surface area (Å²) in [6.07, 6.45) is 7.80. The summed E-state index contributed by atoms with van der Waals surface area (Å²) in [7, 11) is 0. The highest BCUT2D eigenvalue weighted by Crippen LogP contribution is 2.30. The lowest BCUT2D eigenvalue weighted by Crippen LogP contribution is -2.15. The van der Waals surface area contributed by atoms with E-state index in [1.165, 1.54) is 25.7 Å². The van der Waals surface area contributed by atoms with Crippen LogP contribution in [0, 0.1) is 0 Å². The minimum absolute atomic E-state index is 0.00873. The lowest BCUT2D eigenvalue weighted by atomic mass is 10.1. The Morgan fingerprint density at radius 1 is 1.22 bits per heavy atom. The van der Waals surface area contributed by atoms with Crippen molar-refractivity contribution in [2.75, 3.05) is 0 Å². The summed E-state index contributed by atoms with van der Waals surface area (Å²) in [4.78, 5) is 0. The molecule has 1 aromatic carbocycles. The SMILES string of the molecule is C[C@@H](N)c1ccc(OC2CCCCCC2)c(Cl)c1. The van der Waals surface area contributed by atoms with E-state index in [-0.39, 0.29) is 6.04 Å². The predicted molar refractivity (Wildman–Crippen MR) is 76.2 cm³/mol. The third kappa shape index (κ3) is 3.63. The summed E-state index contributed by atoms with van der Waals surface area (Å²) in [5.74, 6) is 0.799. The van der Waals surface area contributed by atoms with Gasteiger partial charge in [0.05, 0.1) is 11.1 Å². The maximum Gasteiger partial charge on any atom is 0.138 e. The Labute approximate surface area is 114 Å². The minimum atomic E-state index is 0.00873. The Balaban J connectivity index is 2.04. The van der Waals surface area contributed by atoms with Crippen LogP contribution in [0.3, 0.4) is 0 Å². The molecule has 1 aliphatic carbocycles. The first kappa shape index (κ1) is 13.7. The Morgan fingerprint density at radius 2 is 1.89 bits per heavy atom. The quantitative estimate of drug-likeness (QED) is 0.821. The fourth-order valence-electron chi connectivity index (χ4n) is 2.44. The third-order valence-electron chi connectivity index (χ3n) is 3.58. The van der Waals surface area contributed by atoms with Crippen molar-refractivity contribution < 1.29 is 4.74 Å². The zero-order chi connectivity index (χ0) is 13.0. The van der Waals surface area contributed by atoms with Gasteiger partial charge in [0.25, 0.3) is 0 Å². The molecule has 2 N–H and O–H groups in total. The molecule has 0 aliphatic heterocycles. The first-order chi connectivity index (χ1) is 8.66. The van der Waals surface area contributed by atoms with E-state index in [2.05, 4.69) is 0 Å². The van der Waals surface area contributed by atoms with Crippen LogP contribution >= 0.6 is 11.6 Å². The van der Waals surface area contributed by atoms with Crippen molar-refractivity contribution in [3.63, 3.8) is 0 Å². The molecule has 0 aromatic heterocycles. The molecule has 1 saturated carbocycles. The van der Waals surface area contributed by atoms with E-state index in [1.807, 2.05) is 25.1 Å². The van der Waals surface area contributed by atoms with E-state index in [0.29, 0.717) is 11.1 Å². The lowest BCUT2D eigenvalue weighted by Gasteiger charge is -2.18. The molecule has 0 unspecified atom stereocenters. The van der Waals surface area contributed by atoms with Crippen LogP contribution in [0.2, 0.25) is 5.02 Å². The van der Waals surface area contributed by atoms with E-state index < -0.39 is 0 Å². The molecule has 3 heteroatoms. The number of nitrogens with two attached hydrogens (primary N) is 1. The number of hydrogen-bond donors (Lipinski definition) is 1. The van der Waals surface area contributed by atoms with E-state index in [1.54, 1.807) is 0 Å². The van der Waals surface area contributed by atoms with Crippen LogP contribution in [0.15, 0.2) is 18.2 Å². The van der Waals surface area contributed by atoms with Crippen LogP contribution in [0.4, 0.5) is 0 Å². The van der Waals surface area contributed by atoms with Gasteiger partial charge in [-0.05, 0) is 50.3 Å². The molecule has 2 nitrogen and oxygen atoms in total. The second-order valence-corrected chi connectivity index (χ2v) is 5.62. The van der Waals surface area contributed by atoms with Gasteiger partial charge < -0.3 is 10.5 Å². The first-order valence-electron chi connectivity index (χ1n) is 6.88. The molecule has 100 valence electrons. The fourth-order valence-corrected chi connectivity index (χ4v) is 2.67. The van der Waals surface area contributed by atoms with Gasteiger partial charge in [-0.3, -0.25) is 0 Å². The van der Waals surface area contributed by atoms with Crippen molar-refractivity contribution >= 4 is 11.6 Å². The molecule has 0 spiro atoms. The molecule has 1 aromatic rings. The van der Waals surface area contributed by atoms with Crippen LogP contribution in [-0.4, -0.2) is 6.10 Å².